The van der Waals surface area contributed by atoms with Gasteiger partial charge in [-0.05, 0) is 55.0 Å². The Morgan fingerprint density at radius 2 is 1.68 bits per heavy atom. The molecule has 0 aliphatic heterocycles. The van der Waals surface area contributed by atoms with Crippen molar-refractivity contribution in [2.24, 2.45) is 0 Å². The van der Waals surface area contributed by atoms with E-state index < -0.39 is 5.91 Å². The number of methoxy groups -OCH3 is 2. The van der Waals surface area contributed by atoms with E-state index in [0.717, 1.165) is 0 Å². The molecule has 0 saturated heterocycles. The van der Waals surface area contributed by atoms with Crippen molar-refractivity contribution in [3.8, 4) is 17.2 Å². The number of halogens is 2. The topological polar surface area (TPSA) is 97.9 Å². The highest BCUT2D eigenvalue weighted by atomic mass is 35.5. The van der Waals surface area contributed by atoms with Gasteiger partial charge in [-0.1, -0.05) is 23.2 Å². The molecule has 2 aromatic rings. The van der Waals surface area contributed by atoms with Gasteiger partial charge >= 0.3 is 0 Å². The Morgan fingerprint density at radius 1 is 0.968 bits per heavy atom. The predicted molar refractivity (Wildman–Crippen MR) is 122 cm³/mol. The Labute approximate surface area is 195 Å². The molecule has 166 valence electrons. The molecule has 0 aliphatic rings. The molecular weight excluding hydrogens is 465 g/mol. The number of nitrogens with one attached hydrogen (secondary N) is 3. The van der Waals surface area contributed by atoms with Crippen molar-refractivity contribution in [1.82, 2.24) is 16.2 Å². The Hall–Kier alpha value is -2.75. The molecule has 0 unspecified atom stereocenters. The number of thiocarbonyl (C=S) groups is 1. The number of hydrazine groups is 1. The molecule has 11 heteroatoms. The first-order chi connectivity index (χ1) is 14.8. The van der Waals surface area contributed by atoms with Crippen molar-refractivity contribution < 1.29 is 23.8 Å². The van der Waals surface area contributed by atoms with E-state index in [2.05, 4.69) is 16.2 Å². The van der Waals surface area contributed by atoms with Crippen molar-refractivity contribution >= 4 is 52.3 Å². The van der Waals surface area contributed by atoms with Crippen LogP contribution in [0.5, 0.6) is 17.2 Å². The normalized spacial score (nSPS) is 10.1. The number of amides is 2. The molecule has 0 saturated carbocycles. The molecule has 31 heavy (non-hydrogen) atoms. The molecule has 0 bridgehead atoms. The smallest absolute Gasteiger partial charge is 0.269 e. The minimum absolute atomic E-state index is 0.0412. The van der Waals surface area contributed by atoms with Crippen LogP contribution in [-0.2, 0) is 4.79 Å². The molecule has 8 nitrogen and oxygen atoms in total. The maximum absolute atomic E-state index is 12.2. The van der Waals surface area contributed by atoms with Gasteiger partial charge in [0.05, 0.1) is 25.8 Å². The Bertz CT molecular complexity index is 958. The zero-order valence-corrected chi connectivity index (χ0v) is 19.1. The minimum Gasteiger partial charge on any atom is -0.493 e. The molecule has 0 atom stereocenters. The van der Waals surface area contributed by atoms with E-state index in [0.29, 0.717) is 39.3 Å². The van der Waals surface area contributed by atoms with Crippen molar-refractivity contribution in [2.45, 2.75) is 12.8 Å². The third kappa shape index (κ3) is 7.78. The van der Waals surface area contributed by atoms with Gasteiger partial charge in [-0.3, -0.25) is 20.4 Å². The fraction of sp³-hybridized carbons (Fsp3) is 0.250. The summed E-state index contributed by atoms with van der Waals surface area (Å²) in [7, 11) is 2.97. The molecule has 0 spiro atoms. The van der Waals surface area contributed by atoms with Crippen molar-refractivity contribution in [3.63, 3.8) is 0 Å². The maximum Gasteiger partial charge on any atom is 0.269 e. The lowest BCUT2D eigenvalue weighted by atomic mass is 10.2. The van der Waals surface area contributed by atoms with Gasteiger partial charge in [0.15, 0.2) is 16.6 Å². The summed E-state index contributed by atoms with van der Waals surface area (Å²) >= 11 is 16.8. The van der Waals surface area contributed by atoms with Crippen molar-refractivity contribution in [2.75, 3.05) is 20.8 Å². The SMILES string of the molecule is COc1ccc(C(=O)NNC(=S)NC(=O)CCCOc2ccc(Cl)cc2Cl)cc1OC. The molecule has 0 aliphatic carbocycles. The summed E-state index contributed by atoms with van der Waals surface area (Å²) in [5.74, 6) is 0.598. The van der Waals surface area contributed by atoms with Crippen LogP contribution in [0.4, 0.5) is 0 Å². The van der Waals surface area contributed by atoms with Gasteiger partial charge in [-0.15, -0.1) is 0 Å². The number of ether oxygens (including phenoxy) is 3. The van der Waals surface area contributed by atoms with Gasteiger partial charge in [0.1, 0.15) is 5.75 Å². The summed E-state index contributed by atoms with van der Waals surface area (Å²) in [6, 6.07) is 9.58. The molecule has 3 N–H and O–H groups in total. The quantitative estimate of drug-likeness (QED) is 0.299. The van der Waals surface area contributed by atoms with E-state index in [-0.39, 0.29) is 24.0 Å². The Balaban J connectivity index is 1.70. The molecule has 0 heterocycles. The fourth-order valence-electron chi connectivity index (χ4n) is 2.39. The Kier molecular flexibility index (Phi) is 9.64. The van der Waals surface area contributed by atoms with E-state index in [4.69, 9.17) is 49.6 Å². The van der Waals surface area contributed by atoms with Gasteiger partial charge in [0, 0.05) is 17.0 Å². The first kappa shape index (κ1) is 24.5. The van der Waals surface area contributed by atoms with Gasteiger partial charge in [0.25, 0.3) is 5.91 Å². The van der Waals surface area contributed by atoms with Crippen LogP contribution in [0.2, 0.25) is 10.0 Å². The fourth-order valence-corrected chi connectivity index (χ4v) is 3.02. The second-order valence-corrected chi connectivity index (χ2v) is 7.30. The zero-order chi connectivity index (χ0) is 22.8. The zero-order valence-electron chi connectivity index (χ0n) is 16.8. The van der Waals surface area contributed by atoms with Crippen molar-refractivity contribution in [3.05, 3.63) is 52.0 Å². The second-order valence-electron chi connectivity index (χ2n) is 6.05. The van der Waals surface area contributed by atoms with E-state index in [1.165, 1.54) is 20.3 Å². The number of rotatable bonds is 8. The lowest BCUT2D eigenvalue weighted by molar-refractivity contribution is -0.119. The Morgan fingerprint density at radius 3 is 2.35 bits per heavy atom. The largest absolute Gasteiger partial charge is 0.493 e. The number of carbonyl (C=O) groups is 2. The lowest BCUT2D eigenvalue weighted by Crippen LogP contribution is -2.48. The molecule has 0 fully saturated rings. The highest BCUT2D eigenvalue weighted by Gasteiger charge is 2.12. The third-order valence-corrected chi connectivity index (χ3v) is 4.62. The van der Waals surface area contributed by atoms with Gasteiger partial charge < -0.3 is 19.5 Å². The van der Waals surface area contributed by atoms with Gasteiger partial charge in [0.2, 0.25) is 5.91 Å². The van der Waals surface area contributed by atoms with E-state index in [1.54, 1.807) is 30.3 Å². The van der Waals surface area contributed by atoms with Crippen LogP contribution in [0.1, 0.15) is 23.2 Å². The minimum atomic E-state index is -0.467. The summed E-state index contributed by atoms with van der Waals surface area (Å²) in [5.41, 5.74) is 5.19. The molecule has 0 radical (unpaired) electrons. The first-order valence-corrected chi connectivity index (χ1v) is 10.2. The average Bonchev–Trinajstić information content (AvgIpc) is 2.75. The molecule has 2 amide bonds. The summed E-state index contributed by atoms with van der Waals surface area (Å²) in [5, 5.41) is 3.33. The summed E-state index contributed by atoms with van der Waals surface area (Å²) < 4.78 is 15.8. The summed E-state index contributed by atoms with van der Waals surface area (Å²) in [4.78, 5) is 24.2. The van der Waals surface area contributed by atoms with Gasteiger partial charge in [-0.2, -0.15) is 0 Å². The number of hydrogen-bond donors (Lipinski definition) is 3. The van der Waals surface area contributed by atoms with Crippen LogP contribution in [0.25, 0.3) is 0 Å². The highest BCUT2D eigenvalue weighted by molar-refractivity contribution is 7.80. The van der Waals surface area contributed by atoms with Crippen LogP contribution in [-0.4, -0.2) is 37.8 Å². The first-order valence-electron chi connectivity index (χ1n) is 9.04. The lowest BCUT2D eigenvalue weighted by Gasteiger charge is -2.12. The third-order valence-electron chi connectivity index (χ3n) is 3.89. The monoisotopic (exact) mass is 485 g/mol. The molecule has 0 aromatic heterocycles. The van der Waals surface area contributed by atoms with Crippen LogP contribution < -0.4 is 30.4 Å². The second kappa shape index (κ2) is 12.2. The number of hydrogen-bond acceptors (Lipinski definition) is 6. The van der Waals surface area contributed by atoms with Crippen LogP contribution in [0.15, 0.2) is 36.4 Å². The predicted octanol–water partition coefficient (Wildman–Crippen LogP) is 3.51. The maximum atomic E-state index is 12.2. The van der Waals surface area contributed by atoms with Crippen molar-refractivity contribution in [1.29, 1.82) is 0 Å². The summed E-state index contributed by atoms with van der Waals surface area (Å²) in [6.45, 7) is 0.283. The van der Waals surface area contributed by atoms with E-state index in [9.17, 15) is 9.59 Å². The average molecular weight is 486 g/mol. The van der Waals surface area contributed by atoms with Crippen LogP contribution >= 0.6 is 35.4 Å². The van der Waals surface area contributed by atoms with Crippen LogP contribution in [0, 0.1) is 0 Å². The van der Waals surface area contributed by atoms with Gasteiger partial charge in [-0.25, -0.2) is 0 Å². The van der Waals surface area contributed by atoms with Crippen LogP contribution in [0.3, 0.4) is 0 Å². The van der Waals surface area contributed by atoms with E-state index in [1.807, 2.05) is 0 Å². The molecular formula is C20H21Cl2N3O5S. The number of carbonyl (C=O) groups excluding carboxylic acids is 2. The molecule has 2 aromatic carbocycles. The highest BCUT2D eigenvalue weighted by Crippen LogP contribution is 2.28. The van der Waals surface area contributed by atoms with E-state index >= 15 is 0 Å². The standard InChI is InChI=1S/C20H21Cl2N3O5S/c1-28-16-7-5-12(10-17(16)29-2)19(27)24-25-20(31)23-18(26)4-3-9-30-15-8-6-13(21)11-14(15)22/h5-8,10-11H,3-4,9H2,1-2H3,(H,24,27)(H2,23,25,26,31). The summed E-state index contributed by atoms with van der Waals surface area (Å²) in [6.07, 6.45) is 0.599. The number of benzene rings is 2. The molecule has 2 rings (SSSR count).